The Morgan fingerprint density at radius 3 is 2.68 bits per heavy atom. The molecule has 0 spiro atoms. The van der Waals surface area contributed by atoms with Gasteiger partial charge in [-0.15, -0.1) is 10.2 Å². The Labute approximate surface area is 132 Å². The molecule has 3 rings (SSSR count). The van der Waals surface area contributed by atoms with Crippen LogP contribution in [0.1, 0.15) is 16.4 Å². The van der Waals surface area contributed by atoms with Gasteiger partial charge in [0.1, 0.15) is 16.6 Å². The number of hydrogen-bond donors (Lipinski definition) is 0. The number of hydrogen-bond acceptors (Lipinski definition) is 5. The molecule has 7 heteroatoms. The van der Waals surface area contributed by atoms with Crippen LogP contribution >= 0.6 is 11.3 Å². The summed E-state index contributed by atoms with van der Waals surface area (Å²) in [7, 11) is 3.94. The van der Waals surface area contributed by atoms with Crippen LogP contribution in [-0.2, 0) is 20.0 Å². The normalized spacial score (nSPS) is 10.9. The second-order valence-electron chi connectivity index (χ2n) is 5.09. The molecule has 0 aliphatic heterocycles. The molecule has 0 saturated carbocycles. The minimum atomic E-state index is -0.225. The summed E-state index contributed by atoms with van der Waals surface area (Å²) in [5, 5.41) is 10.2. The molecule has 0 amide bonds. The van der Waals surface area contributed by atoms with Gasteiger partial charge in [-0.05, 0) is 17.7 Å². The number of benzene rings is 1. The standard InChI is InChI=1S/C15H16FN5S/c1-20-8-7-17-13(20)10-21(2)15-19-18-14(22-15)9-11-3-5-12(16)6-4-11/h3-8H,9-10H2,1-2H3. The van der Waals surface area contributed by atoms with Crippen LogP contribution < -0.4 is 4.90 Å². The molecule has 5 nitrogen and oxygen atoms in total. The number of imidazole rings is 1. The van der Waals surface area contributed by atoms with E-state index in [2.05, 4.69) is 15.2 Å². The number of rotatable bonds is 5. The topological polar surface area (TPSA) is 46.8 Å². The largest absolute Gasteiger partial charge is 0.342 e. The van der Waals surface area contributed by atoms with Gasteiger partial charge in [0, 0.05) is 32.9 Å². The van der Waals surface area contributed by atoms with Gasteiger partial charge in [-0.2, -0.15) is 0 Å². The Morgan fingerprint density at radius 1 is 1.23 bits per heavy atom. The van der Waals surface area contributed by atoms with E-state index in [0.29, 0.717) is 13.0 Å². The van der Waals surface area contributed by atoms with Gasteiger partial charge in [0.25, 0.3) is 0 Å². The predicted molar refractivity (Wildman–Crippen MR) is 84.4 cm³/mol. The highest BCUT2D eigenvalue weighted by molar-refractivity contribution is 7.15. The maximum Gasteiger partial charge on any atom is 0.208 e. The summed E-state index contributed by atoms with van der Waals surface area (Å²) in [6.45, 7) is 0.675. The fourth-order valence-corrected chi connectivity index (χ4v) is 2.91. The van der Waals surface area contributed by atoms with Gasteiger partial charge >= 0.3 is 0 Å². The lowest BCUT2D eigenvalue weighted by Crippen LogP contribution is -2.18. The quantitative estimate of drug-likeness (QED) is 0.726. The van der Waals surface area contributed by atoms with Crippen molar-refractivity contribution >= 4 is 16.5 Å². The van der Waals surface area contributed by atoms with Gasteiger partial charge in [0.2, 0.25) is 5.13 Å². The van der Waals surface area contributed by atoms with Gasteiger partial charge in [0.15, 0.2) is 0 Å². The van der Waals surface area contributed by atoms with Crippen molar-refractivity contribution in [2.45, 2.75) is 13.0 Å². The summed E-state index contributed by atoms with van der Waals surface area (Å²) < 4.78 is 14.9. The molecule has 0 radical (unpaired) electrons. The minimum Gasteiger partial charge on any atom is -0.342 e. The summed E-state index contributed by atoms with van der Waals surface area (Å²) in [5.74, 6) is 0.745. The van der Waals surface area contributed by atoms with Crippen molar-refractivity contribution in [1.29, 1.82) is 0 Å². The van der Waals surface area contributed by atoms with Crippen LogP contribution in [0.25, 0.3) is 0 Å². The minimum absolute atomic E-state index is 0.225. The van der Waals surface area contributed by atoms with Crippen molar-refractivity contribution in [3.63, 3.8) is 0 Å². The summed E-state index contributed by atoms with van der Waals surface area (Å²) in [6.07, 6.45) is 4.36. The van der Waals surface area contributed by atoms with E-state index >= 15 is 0 Å². The lowest BCUT2D eigenvalue weighted by molar-refractivity contribution is 0.627. The van der Waals surface area contributed by atoms with Crippen LogP contribution in [0.2, 0.25) is 0 Å². The van der Waals surface area contributed by atoms with Crippen LogP contribution in [0.15, 0.2) is 36.7 Å². The highest BCUT2D eigenvalue weighted by Crippen LogP contribution is 2.22. The van der Waals surface area contributed by atoms with Crippen molar-refractivity contribution in [2.75, 3.05) is 11.9 Å². The molecule has 0 N–H and O–H groups in total. The maximum atomic E-state index is 12.9. The van der Waals surface area contributed by atoms with E-state index < -0.39 is 0 Å². The maximum absolute atomic E-state index is 12.9. The van der Waals surface area contributed by atoms with E-state index in [1.807, 2.05) is 29.8 Å². The molecule has 0 bridgehead atoms. The van der Waals surface area contributed by atoms with E-state index in [9.17, 15) is 4.39 Å². The summed E-state index contributed by atoms with van der Waals surface area (Å²) in [4.78, 5) is 6.33. The predicted octanol–water partition coefficient (Wildman–Crippen LogP) is 2.64. The second kappa shape index (κ2) is 6.23. The SMILES string of the molecule is CN(Cc1nccn1C)c1nnc(Cc2ccc(F)cc2)s1. The average Bonchev–Trinajstić information content (AvgIpc) is 3.12. The molecule has 3 aromatic rings. The van der Waals surface area contributed by atoms with E-state index in [-0.39, 0.29) is 5.82 Å². The van der Waals surface area contributed by atoms with Crippen LogP contribution in [0.4, 0.5) is 9.52 Å². The third kappa shape index (κ3) is 3.30. The van der Waals surface area contributed by atoms with E-state index in [0.717, 1.165) is 21.5 Å². The van der Waals surface area contributed by atoms with Crippen molar-refractivity contribution in [2.24, 2.45) is 7.05 Å². The molecular formula is C15H16FN5S. The summed E-state index contributed by atoms with van der Waals surface area (Å²) >= 11 is 1.54. The molecule has 22 heavy (non-hydrogen) atoms. The first-order valence-corrected chi connectivity index (χ1v) is 7.67. The molecule has 0 unspecified atom stereocenters. The fraction of sp³-hybridized carbons (Fsp3) is 0.267. The first-order chi connectivity index (χ1) is 10.6. The highest BCUT2D eigenvalue weighted by Gasteiger charge is 2.11. The Balaban J connectivity index is 1.67. The molecule has 0 aliphatic rings. The second-order valence-corrected chi connectivity index (χ2v) is 6.13. The van der Waals surface area contributed by atoms with E-state index in [1.54, 1.807) is 29.7 Å². The highest BCUT2D eigenvalue weighted by atomic mass is 32.1. The van der Waals surface area contributed by atoms with Crippen molar-refractivity contribution in [1.82, 2.24) is 19.7 Å². The van der Waals surface area contributed by atoms with Crippen LogP contribution in [-0.4, -0.2) is 26.8 Å². The zero-order chi connectivity index (χ0) is 15.5. The number of aryl methyl sites for hydroxylation is 1. The summed E-state index contributed by atoms with van der Waals surface area (Å²) in [5.41, 5.74) is 1.02. The molecule has 0 fully saturated rings. The number of aromatic nitrogens is 4. The Bertz CT molecular complexity index is 749. The zero-order valence-corrected chi connectivity index (χ0v) is 13.2. The molecular weight excluding hydrogens is 301 g/mol. The third-order valence-corrected chi connectivity index (χ3v) is 4.39. The molecule has 0 aliphatic carbocycles. The molecule has 2 aromatic heterocycles. The smallest absolute Gasteiger partial charge is 0.208 e. The van der Waals surface area contributed by atoms with Crippen LogP contribution in [0.5, 0.6) is 0 Å². The fourth-order valence-electron chi connectivity index (χ4n) is 2.08. The first kappa shape index (κ1) is 14.6. The van der Waals surface area contributed by atoms with Crippen molar-refractivity contribution in [3.8, 4) is 0 Å². The zero-order valence-electron chi connectivity index (χ0n) is 12.4. The van der Waals surface area contributed by atoms with Gasteiger partial charge in [-0.3, -0.25) is 0 Å². The third-order valence-electron chi connectivity index (χ3n) is 3.35. The van der Waals surface area contributed by atoms with E-state index in [1.165, 1.54) is 12.1 Å². The number of nitrogens with zero attached hydrogens (tertiary/aromatic N) is 5. The molecule has 2 heterocycles. The van der Waals surface area contributed by atoms with Gasteiger partial charge in [0.05, 0.1) is 6.54 Å². The van der Waals surface area contributed by atoms with Gasteiger partial charge in [-0.25, -0.2) is 9.37 Å². The van der Waals surface area contributed by atoms with E-state index in [4.69, 9.17) is 0 Å². The number of halogens is 1. The van der Waals surface area contributed by atoms with Gasteiger partial charge in [-0.1, -0.05) is 23.5 Å². The van der Waals surface area contributed by atoms with Crippen molar-refractivity contribution < 1.29 is 4.39 Å². The van der Waals surface area contributed by atoms with Crippen LogP contribution in [0, 0.1) is 5.82 Å². The monoisotopic (exact) mass is 317 g/mol. The summed E-state index contributed by atoms with van der Waals surface area (Å²) in [6, 6.07) is 6.47. The number of anilines is 1. The van der Waals surface area contributed by atoms with Gasteiger partial charge < -0.3 is 9.47 Å². The molecule has 1 aromatic carbocycles. The molecule has 114 valence electrons. The lowest BCUT2D eigenvalue weighted by atomic mass is 10.2. The Morgan fingerprint density at radius 2 is 2.00 bits per heavy atom. The Kier molecular flexibility index (Phi) is 4.15. The lowest BCUT2D eigenvalue weighted by Gasteiger charge is -2.14. The molecule has 0 saturated heterocycles. The Hall–Kier alpha value is -2.28. The molecule has 0 atom stereocenters. The average molecular weight is 317 g/mol. The van der Waals surface area contributed by atoms with Crippen LogP contribution in [0.3, 0.4) is 0 Å². The first-order valence-electron chi connectivity index (χ1n) is 6.86. The van der Waals surface area contributed by atoms with Crippen molar-refractivity contribution in [3.05, 3.63) is 58.9 Å².